The van der Waals surface area contributed by atoms with Gasteiger partial charge in [0.1, 0.15) is 0 Å². The van der Waals surface area contributed by atoms with Crippen LogP contribution in [0.2, 0.25) is 0 Å². The molecule has 0 spiro atoms. The van der Waals surface area contributed by atoms with Crippen molar-refractivity contribution in [3.8, 4) is 0 Å². The van der Waals surface area contributed by atoms with Gasteiger partial charge >= 0.3 is 0 Å². The summed E-state index contributed by atoms with van der Waals surface area (Å²) in [4.78, 5) is 0. The molecule has 0 radical (unpaired) electrons. The fraction of sp³-hybridized carbons (Fsp3) is 1.00. The molecule has 4 rings (SSSR count). The summed E-state index contributed by atoms with van der Waals surface area (Å²) in [7, 11) is 3.12. The molecule has 0 aromatic rings. The van der Waals surface area contributed by atoms with E-state index in [4.69, 9.17) is 0 Å². The fourth-order valence-electron chi connectivity index (χ4n) is 3.97. The lowest BCUT2D eigenvalue weighted by Gasteiger charge is -2.53. The molecule has 3 heteroatoms. The first-order chi connectivity index (χ1) is 5.33. The molecule has 0 nitrogen and oxygen atoms in total. The molecule has 1 unspecified atom stereocenters. The number of halogens is 2. The van der Waals surface area contributed by atoms with Crippen LogP contribution in [0.4, 0.5) is 0 Å². The highest BCUT2D eigenvalue weighted by atomic mass is 35.5. The first-order valence-electron chi connectivity index (χ1n) is 5.08. The minimum absolute atomic E-state index is 0. The second-order valence-corrected chi connectivity index (χ2v) is 5.78. The Morgan fingerprint density at radius 3 is 1.46 bits per heavy atom. The van der Waals surface area contributed by atoms with Crippen molar-refractivity contribution in [2.75, 3.05) is 0 Å². The molecule has 1 atom stereocenters. The first-order valence-corrected chi connectivity index (χ1v) is 5.75. The largest absolute Gasteiger partial charge is 0.147 e. The van der Waals surface area contributed by atoms with Crippen molar-refractivity contribution in [3.05, 3.63) is 0 Å². The predicted molar refractivity (Wildman–Crippen MR) is 65.0 cm³/mol. The lowest BCUT2D eigenvalue weighted by molar-refractivity contribution is 0.0264. The Morgan fingerprint density at radius 2 is 1.08 bits per heavy atom. The molecular weight excluding hydrogens is 222 g/mol. The van der Waals surface area contributed by atoms with Gasteiger partial charge in [-0.05, 0) is 61.4 Å². The van der Waals surface area contributed by atoms with Crippen LogP contribution in [0.15, 0.2) is 0 Å². The Bertz CT molecular complexity index is 156. The fourth-order valence-corrected chi connectivity index (χ4v) is 4.60. The maximum atomic E-state index is 3.12. The minimum atomic E-state index is 0. The topological polar surface area (TPSA) is 0 Å². The Balaban J connectivity index is 0.000000422. The van der Waals surface area contributed by atoms with Gasteiger partial charge in [-0.1, -0.05) is 0 Å². The molecule has 0 N–H and O–H groups in total. The van der Waals surface area contributed by atoms with Crippen molar-refractivity contribution in [1.29, 1.82) is 0 Å². The standard InChI is InChI=1S/C10H17P.2ClH/c11-10-8-2-6-1-7(4-8)5-9(10)3-6;;/h6-10H,1-5,11H2;2*1H. The van der Waals surface area contributed by atoms with Crippen molar-refractivity contribution in [3.63, 3.8) is 0 Å². The molecule has 4 fully saturated rings. The van der Waals surface area contributed by atoms with E-state index in [2.05, 4.69) is 9.24 Å². The van der Waals surface area contributed by atoms with Gasteiger partial charge in [-0.15, -0.1) is 34.1 Å². The van der Waals surface area contributed by atoms with Crippen LogP contribution >= 0.6 is 34.1 Å². The van der Waals surface area contributed by atoms with Gasteiger partial charge in [-0.3, -0.25) is 0 Å². The van der Waals surface area contributed by atoms with Gasteiger partial charge in [-0.2, -0.15) is 0 Å². The number of hydrogen-bond acceptors (Lipinski definition) is 0. The summed E-state index contributed by atoms with van der Waals surface area (Å²) in [5.74, 6) is 4.51. The zero-order valence-corrected chi connectivity index (χ0v) is 10.6. The zero-order valence-electron chi connectivity index (χ0n) is 7.82. The quantitative estimate of drug-likeness (QED) is 0.569. The smallest absolute Gasteiger partial charge is 0.0207 e. The molecule has 4 saturated carbocycles. The second kappa shape index (κ2) is 4.25. The van der Waals surface area contributed by atoms with Crippen LogP contribution in [0.1, 0.15) is 32.1 Å². The number of rotatable bonds is 0. The van der Waals surface area contributed by atoms with Crippen LogP contribution < -0.4 is 0 Å². The second-order valence-electron chi connectivity index (χ2n) is 5.01. The highest BCUT2D eigenvalue weighted by Gasteiger charge is 2.46. The summed E-state index contributed by atoms with van der Waals surface area (Å²) in [6.07, 6.45) is 7.87. The van der Waals surface area contributed by atoms with Gasteiger partial charge in [0.25, 0.3) is 0 Å². The Morgan fingerprint density at radius 1 is 0.692 bits per heavy atom. The van der Waals surface area contributed by atoms with Crippen LogP contribution in [0, 0.1) is 23.7 Å². The Kier molecular flexibility index (Phi) is 3.95. The average molecular weight is 241 g/mol. The number of hydrogen-bond donors (Lipinski definition) is 0. The van der Waals surface area contributed by atoms with Crippen LogP contribution in [-0.4, -0.2) is 5.66 Å². The van der Waals surface area contributed by atoms with E-state index in [0.29, 0.717) is 0 Å². The molecule has 0 aromatic carbocycles. The lowest BCUT2D eigenvalue weighted by atomic mass is 9.56. The third-order valence-electron chi connectivity index (χ3n) is 4.30. The molecule has 0 amide bonds. The SMILES string of the molecule is Cl.Cl.PC1C2CC3CC(C2)CC1C3. The molecule has 0 aromatic heterocycles. The van der Waals surface area contributed by atoms with E-state index in [-0.39, 0.29) is 24.8 Å². The summed E-state index contributed by atoms with van der Waals surface area (Å²) < 4.78 is 0. The van der Waals surface area contributed by atoms with Crippen molar-refractivity contribution in [2.24, 2.45) is 23.7 Å². The first kappa shape index (κ1) is 12.1. The third-order valence-corrected chi connectivity index (χ3v) is 5.39. The van der Waals surface area contributed by atoms with Crippen LogP contribution in [0.3, 0.4) is 0 Å². The van der Waals surface area contributed by atoms with Crippen LogP contribution in [0.25, 0.3) is 0 Å². The van der Waals surface area contributed by atoms with E-state index in [1.165, 1.54) is 0 Å². The minimum Gasteiger partial charge on any atom is -0.147 e. The van der Waals surface area contributed by atoms with E-state index in [0.717, 1.165) is 29.3 Å². The highest BCUT2D eigenvalue weighted by Crippen LogP contribution is 2.55. The van der Waals surface area contributed by atoms with Gasteiger partial charge in [0.05, 0.1) is 0 Å². The van der Waals surface area contributed by atoms with E-state index in [9.17, 15) is 0 Å². The van der Waals surface area contributed by atoms with Crippen molar-refractivity contribution < 1.29 is 0 Å². The average Bonchev–Trinajstić information content (AvgIpc) is 1.98. The molecule has 4 aliphatic rings. The summed E-state index contributed by atoms with van der Waals surface area (Å²) >= 11 is 0. The van der Waals surface area contributed by atoms with Crippen LogP contribution in [0.5, 0.6) is 0 Å². The Hall–Kier alpha value is 1.01. The van der Waals surface area contributed by atoms with Gasteiger partial charge in [-0.25, -0.2) is 0 Å². The Labute approximate surface area is 95.6 Å². The normalized spacial score (nSPS) is 51.0. The van der Waals surface area contributed by atoms with E-state index >= 15 is 0 Å². The molecule has 78 valence electrons. The monoisotopic (exact) mass is 240 g/mol. The molecular formula is C10H19Cl2P. The van der Waals surface area contributed by atoms with Crippen molar-refractivity contribution >= 4 is 34.1 Å². The maximum absolute atomic E-state index is 3.12. The van der Waals surface area contributed by atoms with Gasteiger partial charge in [0, 0.05) is 0 Å². The van der Waals surface area contributed by atoms with Gasteiger partial charge in [0.2, 0.25) is 0 Å². The molecule has 13 heavy (non-hydrogen) atoms. The molecule has 0 heterocycles. The van der Waals surface area contributed by atoms with E-state index in [1.54, 1.807) is 32.1 Å². The van der Waals surface area contributed by atoms with Gasteiger partial charge < -0.3 is 0 Å². The van der Waals surface area contributed by atoms with Crippen molar-refractivity contribution in [2.45, 2.75) is 37.8 Å². The molecule has 4 bridgehead atoms. The van der Waals surface area contributed by atoms with Gasteiger partial charge in [0.15, 0.2) is 0 Å². The summed E-state index contributed by atoms with van der Waals surface area (Å²) in [6, 6.07) is 0. The maximum Gasteiger partial charge on any atom is -0.0207 e. The molecule has 4 aliphatic carbocycles. The highest BCUT2D eigenvalue weighted by molar-refractivity contribution is 7.17. The molecule has 0 aliphatic heterocycles. The summed E-state index contributed by atoms with van der Waals surface area (Å²) in [5, 5.41) is 0. The zero-order chi connectivity index (χ0) is 7.42. The van der Waals surface area contributed by atoms with E-state index in [1.807, 2.05) is 0 Å². The summed E-state index contributed by atoms with van der Waals surface area (Å²) in [6.45, 7) is 0. The van der Waals surface area contributed by atoms with Crippen molar-refractivity contribution in [1.82, 2.24) is 0 Å². The lowest BCUT2D eigenvalue weighted by Crippen LogP contribution is -2.45. The molecule has 0 saturated heterocycles. The summed E-state index contributed by atoms with van der Waals surface area (Å²) in [5.41, 5.74) is 1.00. The van der Waals surface area contributed by atoms with E-state index < -0.39 is 0 Å². The predicted octanol–water partition coefficient (Wildman–Crippen LogP) is 3.53. The third kappa shape index (κ3) is 1.87. The van der Waals surface area contributed by atoms with Crippen LogP contribution in [-0.2, 0) is 0 Å².